The number of piperidine rings is 1. The molecule has 1 saturated heterocycles. The average molecular weight is 516 g/mol. The number of amides is 2. The smallest absolute Gasteiger partial charge is 0.273 e. The van der Waals surface area contributed by atoms with Crippen molar-refractivity contribution in [2.24, 2.45) is 0 Å². The molecule has 1 atom stereocenters. The minimum Gasteiger partial charge on any atom is -0.448 e. The van der Waals surface area contributed by atoms with Gasteiger partial charge in [0.25, 0.3) is 5.91 Å². The molecule has 0 saturated carbocycles. The zero-order valence-electron chi connectivity index (χ0n) is 22.9. The highest BCUT2D eigenvalue weighted by Crippen LogP contribution is 2.33. The number of oxazole rings is 1. The number of nitrogens with zero attached hydrogens (tertiary/aromatic N) is 3. The van der Waals surface area contributed by atoms with Gasteiger partial charge >= 0.3 is 0 Å². The molecule has 1 aromatic carbocycles. The fourth-order valence-electron chi connectivity index (χ4n) is 4.55. The minimum atomic E-state index is -0.262. The Labute approximate surface area is 224 Å². The van der Waals surface area contributed by atoms with Gasteiger partial charge in [0.2, 0.25) is 5.91 Å². The molecule has 38 heavy (non-hydrogen) atoms. The molecule has 2 N–H and O–H groups in total. The number of anilines is 1. The average Bonchev–Trinajstić information content (AvgIpc) is 3.39. The number of benzene rings is 1. The molecule has 4 rings (SSSR count). The van der Waals surface area contributed by atoms with E-state index in [1.165, 1.54) is 6.26 Å². The van der Waals surface area contributed by atoms with Crippen LogP contribution in [0.2, 0.25) is 0 Å². The van der Waals surface area contributed by atoms with Crippen LogP contribution in [0.3, 0.4) is 0 Å². The molecule has 0 spiro atoms. The van der Waals surface area contributed by atoms with Gasteiger partial charge < -0.3 is 20.0 Å². The van der Waals surface area contributed by atoms with Crippen LogP contribution < -0.4 is 15.5 Å². The highest BCUT2D eigenvalue weighted by atomic mass is 16.3. The van der Waals surface area contributed by atoms with Crippen molar-refractivity contribution >= 4 is 17.5 Å². The maximum Gasteiger partial charge on any atom is 0.273 e. The second-order valence-electron chi connectivity index (χ2n) is 11.0. The van der Waals surface area contributed by atoms with E-state index in [0.717, 1.165) is 53.9 Å². The molecule has 2 amide bonds. The van der Waals surface area contributed by atoms with Gasteiger partial charge in [-0.25, -0.2) is 4.98 Å². The Morgan fingerprint density at radius 1 is 1.24 bits per heavy atom. The lowest BCUT2D eigenvalue weighted by molar-refractivity contribution is -0.118. The highest BCUT2D eigenvalue weighted by molar-refractivity contribution is 5.92. The molecule has 0 radical (unpaired) electrons. The van der Waals surface area contributed by atoms with Crippen molar-refractivity contribution in [3.63, 3.8) is 0 Å². The number of hydrogen-bond donors (Lipinski definition) is 2. The molecular weight excluding hydrogens is 478 g/mol. The van der Waals surface area contributed by atoms with Gasteiger partial charge in [0.1, 0.15) is 6.26 Å². The van der Waals surface area contributed by atoms with E-state index in [2.05, 4.69) is 44.2 Å². The van der Waals surface area contributed by atoms with E-state index in [9.17, 15) is 9.59 Å². The molecule has 3 aromatic rings. The van der Waals surface area contributed by atoms with Gasteiger partial charge in [-0.2, -0.15) is 0 Å². The molecular formula is C30H37N5O3. The summed E-state index contributed by atoms with van der Waals surface area (Å²) >= 11 is 0. The summed E-state index contributed by atoms with van der Waals surface area (Å²) in [5, 5.41) is 6.04. The Hall–Kier alpha value is -3.94. The largest absolute Gasteiger partial charge is 0.448 e. The number of aryl methyl sites for hydroxylation is 1. The van der Waals surface area contributed by atoms with Crippen LogP contribution in [0.1, 0.15) is 68.0 Å². The van der Waals surface area contributed by atoms with Gasteiger partial charge in [0, 0.05) is 48.4 Å². The third kappa shape index (κ3) is 6.30. The Kier molecular flexibility index (Phi) is 7.99. The van der Waals surface area contributed by atoms with Crippen LogP contribution in [0, 0.1) is 6.92 Å². The molecule has 1 fully saturated rings. The van der Waals surface area contributed by atoms with Crippen molar-refractivity contribution in [3.8, 4) is 11.1 Å². The summed E-state index contributed by atoms with van der Waals surface area (Å²) in [7, 11) is 0. The number of nitrogens with one attached hydrogen (secondary N) is 2. The minimum absolute atomic E-state index is 0.0675. The topological polar surface area (TPSA) is 100 Å². The summed E-state index contributed by atoms with van der Waals surface area (Å²) in [6, 6.07) is 8.35. The van der Waals surface area contributed by atoms with Crippen molar-refractivity contribution in [1.29, 1.82) is 0 Å². The molecule has 8 nitrogen and oxygen atoms in total. The van der Waals surface area contributed by atoms with Crippen molar-refractivity contribution in [2.75, 3.05) is 18.0 Å². The van der Waals surface area contributed by atoms with Crippen molar-refractivity contribution in [3.05, 3.63) is 77.8 Å². The lowest BCUT2D eigenvalue weighted by Gasteiger charge is -2.35. The number of carbonyl (C=O) groups is 2. The zero-order valence-corrected chi connectivity index (χ0v) is 22.9. The van der Waals surface area contributed by atoms with Crippen LogP contribution in [-0.2, 0) is 16.8 Å². The van der Waals surface area contributed by atoms with E-state index in [1.54, 1.807) is 13.1 Å². The van der Waals surface area contributed by atoms with Crippen LogP contribution >= 0.6 is 0 Å². The molecule has 1 aliphatic rings. The maximum atomic E-state index is 12.6. The standard InChI is InChI=1S/C30H37N5O3/c1-19(2)27(36)33-23-8-7-13-35(17-23)26-16-31-12-11-24(26)21-9-10-22(20(3)14-21)15-32-28(37)25-18-38-29(34-25)30(4,5)6/h9-12,14,16,18,23H,1,7-8,13,15,17H2,2-6H3,(H,32,37)(H,33,36). The first kappa shape index (κ1) is 27.1. The van der Waals surface area contributed by atoms with E-state index < -0.39 is 0 Å². The van der Waals surface area contributed by atoms with Gasteiger partial charge in [-0.05, 0) is 49.4 Å². The van der Waals surface area contributed by atoms with Crippen LogP contribution in [0.15, 0.2) is 59.5 Å². The van der Waals surface area contributed by atoms with Gasteiger partial charge in [0.05, 0.1) is 11.9 Å². The van der Waals surface area contributed by atoms with Gasteiger partial charge in [-0.3, -0.25) is 14.6 Å². The molecule has 3 heterocycles. The lowest BCUT2D eigenvalue weighted by Crippen LogP contribution is -2.48. The zero-order chi connectivity index (χ0) is 27.4. The molecule has 0 aliphatic carbocycles. The molecule has 1 aliphatic heterocycles. The summed E-state index contributed by atoms with van der Waals surface area (Å²) in [6.45, 7) is 15.5. The third-order valence-electron chi connectivity index (χ3n) is 6.76. The molecule has 8 heteroatoms. The second-order valence-corrected chi connectivity index (χ2v) is 11.0. The maximum absolute atomic E-state index is 12.6. The summed E-state index contributed by atoms with van der Waals surface area (Å²) in [4.78, 5) is 35.8. The monoisotopic (exact) mass is 515 g/mol. The number of pyridine rings is 1. The summed E-state index contributed by atoms with van der Waals surface area (Å²) in [5.74, 6) is 0.178. The fraction of sp³-hybridized carbons (Fsp3) is 0.400. The van der Waals surface area contributed by atoms with E-state index in [1.807, 2.05) is 46.0 Å². The first-order chi connectivity index (χ1) is 18.0. The Morgan fingerprint density at radius 2 is 2.03 bits per heavy atom. The predicted octanol–water partition coefficient (Wildman–Crippen LogP) is 4.93. The Bertz CT molecular complexity index is 1340. The number of aromatic nitrogens is 2. The van der Waals surface area contributed by atoms with Crippen LogP contribution in [0.25, 0.3) is 11.1 Å². The van der Waals surface area contributed by atoms with Crippen LogP contribution in [0.4, 0.5) is 5.69 Å². The summed E-state index contributed by atoms with van der Waals surface area (Å²) in [5.41, 5.74) is 5.85. The van der Waals surface area contributed by atoms with E-state index in [-0.39, 0.29) is 29.0 Å². The highest BCUT2D eigenvalue weighted by Gasteiger charge is 2.24. The van der Waals surface area contributed by atoms with Crippen molar-refractivity contribution in [1.82, 2.24) is 20.6 Å². The van der Waals surface area contributed by atoms with Gasteiger partial charge in [0.15, 0.2) is 11.6 Å². The molecule has 200 valence electrons. The quantitative estimate of drug-likeness (QED) is 0.433. The molecule has 1 unspecified atom stereocenters. The van der Waals surface area contributed by atoms with E-state index in [0.29, 0.717) is 18.0 Å². The molecule has 2 aromatic heterocycles. The van der Waals surface area contributed by atoms with Crippen molar-refractivity contribution in [2.45, 2.75) is 65.5 Å². The van der Waals surface area contributed by atoms with E-state index >= 15 is 0 Å². The first-order valence-electron chi connectivity index (χ1n) is 13.0. The van der Waals surface area contributed by atoms with Crippen molar-refractivity contribution < 1.29 is 14.0 Å². The normalized spacial score (nSPS) is 15.7. The number of hydrogen-bond acceptors (Lipinski definition) is 6. The van der Waals surface area contributed by atoms with Gasteiger partial charge in [-0.1, -0.05) is 45.5 Å². The van der Waals surface area contributed by atoms with E-state index in [4.69, 9.17) is 4.42 Å². The first-order valence-corrected chi connectivity index (χ1v) is 13.0. The fourth-order valence-corrected chi connectivity index (χ4v) is 4.55. The van der Waals surface area contributed by atoms with Crippen LogP contribution in [-0.4, -0.2) is 40.9 Å². The number of carbonyl (C=O) groups excluding carboxylic acids is 2. The predicted molar refractivity (Wildman–Crippen MR) is 149 cm³/mol. The Morgan fingerprint density at radius 3 is 2.71 bits per heavy atom. The lowest BCUT2D eigenvalue weighted by atomic mass is 9.97. The van der Waals surface area contributed by atoms with Crippen LogP contribution in [0.5, 0.6) is 0 Å². The SMILES string of the molecule is C=C(C)C(=O)NC1CCCN(c2cnccc2-c2ccc(CNC(=O)c3coc(C(C)(C)C)n3)c(C)c2)C1. The summed E-state index contributed by atoms with van der Waals surface area (Å²) in [6.07, 6.45) is 7.03. The number of rotatable bonds is 7. The Balaban J connectivity index is 1.46. The van der Waals surface area contributed by atoms with Gasteiger partial charge in [-0.15, -0.1) is 0 Å². The second kappa shape index (κ2) is 11.2. The molecule has 0 bridgehead atoms. The summed E-state index contributed by atoms with van der Waals surface area (Å²) < 4.78 is 5.48. The third-order valence-corrected chi connectivity index (χ3v) is 6.76.